The second kappa shape index (κ2) is 16.0. The molecule has 0 rings (SSSR count). The Morgan fingerprint density at radius 3 is 0.952 bits per heavy atom. The van der Waals surface area contributed by atoms with Crippen LogP contribution in [0.4, 0.5) is 0 Å². The van der Waals surface area contributed by atoms with Gasteiger partial charge in [0.2, 0.25) is 0 Å². The fourth-order valence-corrected chi connectivity index (χ4v) is 0.605. The third kappa shape index (κ3) is 57.1. The molecule has 0 fully saturated rings. The van der Waals surface area contributed by atoms with Gasteiger partial charge in [-0.1, -0.05) is 0 Å². The van der Waals surface area contributed by atoms with Gasteiger partial charge in [0.15, 0.2) is 0 Å². The van der Waals surface area contributed by atoms with E-state index in [0.717, 1.165) is 0 Å². The SMILES string of the molecule is O=C(O)CCC(=O)O.O=C(O)CCCC(=O)O.O=[P+](O)O. The summed E-state index contributed by atoms with van der Waals surface area (Å²) in [4.78, 5) is 53.1. The molecule has 0 spiro atoms. The number of carboxylic acids is 4. The topological polar surface area (TPSA) is 207 Å². The Labute approximate surface area is 119 Å². The monoisotopic (exact) mass is 331 g/mol. The van der Waals surface area contributed by atoms with E-state index in [4.69, 9.17) is 34.8 Å². The molecule has 0 aliphatic rings. The van der Waals surface area contributed by atoms with E-state index in [1.807, 2.05) is 0 Å². The average Bonchev–Trinajstić information content (AvgIpc) is 2.25. The van der Waals surface area contributed by atoms with Crippen molar-refractivity contribution in [3.05, 3.63) is 0 Å². The molecular formula is C9H16O11P+. The molecule has 122 valence electrons. The predicted molar refractivity (Wildman–Crippen MR) is 65.7 cm³/mol. The normalized spacial score (nSPS) is 8.29. The second-order valence-electron chi connectivity index (χ2n) is 3.18. The standard InChI is InChI=1S/C5H8O4.C4H6O4.HO3P/c6-4(7)2-1-3-5(8)9;5-3(6)1-2-4(7)8;1-4(2)3/h1-3H2,(H,6,7)(H,8,9);1-2H2,(H,5,6)(H,7,8);(H-,1,2,3)/p+1. The minimum absolute atomic E-state index is 0.0632. The summed E-state index contributed by atoms with van der Waals surface area (Å²) in [5.74, 6) is -4.05. The zero-order valence-corrected chi connectivity index (χ0v) is 11.6. The smallest absolute Gasteiger partial charge is 0.481 e. The van der Waals surface area contributed by atoms with Crippen molar-refractivity contribution in [1.82, 2.24) is 0 Å². The molecule has 0 heterocycles. The lowest BCUT2D eigenvalue weighted by molar-refractivity contribution is -0.143. The number of aliphatic carboxylic acids is 4. The van der Waals surface area contributed by atoms with Crippen molar-refractivity contribution < 1.29 is 54.0 Å². The van der Waals surface area contributed by atoms with Gasteiger partial charge >= 0.3 is 32.1 Å². The molecule has 0 aromatic carbocycles. The Morgan fingerprint density at radius 1 is 0.619 bits per heavy atom. The minimum atomic E-state index is -2.87. The van der Waals surface area contributed by atoms with Gasteiger partial charge in [-0.2, -0.15) is 0 Å². The highest BCUT2D eigenvalue weighted by molar-refractivity contribution is 7.30. The zero-order valence-electron chi connectivity index (χ0n) is 10.7. The van der Waals surface area contributed by atoms with Crippen molar-refractivity contribution in [1.29, 1.82) is 0 Å². The maximum absolute atomic E-state index is 9.79. The third-order valence-corrected chi connectivity index (χ3v) is 1.33. The first-order valence-electron chi connectivity index (χ1n) is 5.21. The van der Waals surface area contributed by atoms with Gasteiger partial charge in [0.05, 0.1) is 12.8 Å². The minimum Gasteiger partial charge on any atom is -0.481 e. The number of carboxylic acid groups (broad SMARTS) is 4. The lowest BCUT2D eigenvalue weighted by Crippen LogP contribution is -2.00. The van der Waals surface area contributed by atoms with Gasteiger partial charge in [0, 0.05) is 17.4 Å². The molecular weight excluding hydrogens is 315 g/mol. The molecule has 0 amide bonds. The van der Waals surface area contributed by atoms with Gasteiger partial charge in [-0.3, -0.25) is 19.2 Å². The Bertz CT molecular complexity index is 333. The Balaban J connectivity index is -0.000000249. The van der Waals surface area contributed by atoms with E-state index in [1.165, 1.54) is 0 Å². The van der Waals surface area contributed by atoms with Crippen LogP contribution in [0.1, 0.15) is 32.1 Å². The summed E-state index contributed by atoms with van der Waals surface area (Å²) in [7, 11) is -2.87. The van der Waals surface area contributed by atoms with Crippen LogP contribution < -0.4 is 0 Å². The molecule has 21 heavy (non-hydrogen) atoms. The summed E-state index contributed by atoms with van der Waals surface area (Å²) in [5.41, 5.74) is 0. The third-order valence-electron chi connectivity index (χ3n) is 1.33. The van der Waals surface area contributed by atoms with E-state index in [1.54, 1.807) is 0 Å². The molecule has 0 radical (unpaired) electrons. The van der Waals surface area contributed by atoms with Gasteiger partial charge < -0.3 is 20.4 Å². The molecule has 0 saturated carbocycles. The maximum Gasteiger partial charge on any atom is 0.692 e. The summed E-state index contributed by atoms with van der Waals surface area (Å²) >= 11 is 0. The summed E-state index contributed by atoms with van der Waals surface area (Å²) in [5, 5.41) is 31.9. The Kier molecular flexibility index (Phi) is 18.2. The van der Waals surface area contributed by atoms with Crippen molar-refractivity contribution in [2.45, 2.75) is 32.1 Å². The lowest BCUT2D eigenvalue weighted by Gasteiger charge is -1.89. The van der Waals surface area contributed by atoms with Crippen molar-refractivity contribution in [2.24, 2.45) is 0 Å². The summed E-state index contributed by atoms with van der Waals surface area (Å²) in [6.07, 6.45) is -0.506. The highest BCUT2D eigenvalue weighted by atomic mass is 31.1. The van der Waals surface area contributed by atoms with Crippen LogP contribution >= 0.6 is 8.25 Å². The van der Waals surface area contributed by atoms with Gasteiger partial charge in [0.1, 0.15) is 0 Å². The summed E-state index contributed by atoms with van der Waals surface area (Å²) in [6.45, 7) is 0. The van der Waals surface area contributed by atoms with Crippen LogP contribution in [0.2, 0.25) is 0 Å². The molecule has 0 atom stereocenters. The van der Waals surface area contributed by atoms with Gasteiger partial charge in [-0.05, 0) is 6.42 Å². The molecule has 0 unspecified atom stereocenters. The molecule has 0 aromatic rings. The number of hydrogen-bond donors (Lipinski definition) is 6. The zero-order chi connectivity index (χ0) is 17.4. The quantitative estimate of drug-likeness (QED) is 0.339. The largest absolute Gasteiger partial charge is 0.692 e. The van der Waals surface area contributed by atoms with Crippen LogP contribution in [-0.4, -0.2) is 54.1 Å². The van der Waals surface area contributed by atoms with E-state index in [2.05, 4.69) is 0 Å². The number of carbonyl (C=O) groups is 4. The van der Waals surface area contributed by atoms with Gasteiger partial charge in [-0.25, -0.2) is 0 Å². The molecule has 0 saturated heterocycles. The van der Waals surface area contributed by atoms with Crippen LogP contribution in [0.3, 0.4) is 0 Å². The van der Waals surface area contributed by atoms with Crippen LogP contribution in [0, 0.1) is 0 Å². The Morgan fingerprint density at radius 2 is 0.810 bits per heavy atom. The molecule has 11 nitrogen and oxygen atoms in total. The van der Waals surface area contributed by atoms with E-state index in [9.17, 15) is 19.2 Å². The van der Waals surface area contributed by atoms with E-state index < -0.39 is 32.1 Å². The van der Waals surface area contributed by atoms with Crippen molar-refractivity contribution in [3.63, 3.8) is 0 Å². The average molecular weight is 331 g/mol. The van der Waals surface area contributed by atoms with Gasteiger partial charge in [-0.15, -0.1) is 9.79 Å². The second-order valence-corrected chi connectivity index (χ2v) is 3.69. The number of rotatable bonds is 7. The molecule has 6 N–H and O–H groups in total. The maximum atomic E-state index is 9.79. The van der Waals surface area contributed by atoms with Crippen molar-refractivity contribution in [3.8, 4) is 0 Å². The first kappa shape index (κ1) is 24.0. The van der Waals surface area contributed by atoms with E-state index >= 15 is 0 Å². The lowest BCUT2D eigenvalue weighted by atomic mass is 10.2. The summed E-state index contributed by atoms with van der Waals surface area (Å²) < 4.78 is 8.70. The predicted octanol–water partition coefficient (Wildman–Crippen LogP) is -0.110. The van der Waals surface area contributed by atoms with Crippen molar-refractivity contribution in [2.75, 3.05) is 0 Å². The van der Waals surface area contributed by atoms with Crippen molar-refractivity contribution >= 4 is 32.1 Å². The van der Waals surface area contributed by atoms with E-state index in [0.29, 0.717) is 0 Å². The highest BCUT2D eigenvalue weighted by Gasteiger charge is 2.00. The van der Waals surface area contributed by atoms with Crippen LogP contribution in [0.25, 0.3) is 0 Å². The van der Waals surface area contributed by atoms with E-state index in [-0.39, 0.29) is 32.1 Å². The first-order valence-corrected chi connectivity index (χ1v) is 6.37. The van der Waals surface area contributed by atoms with Crippen LogP contribution in [-0.2, 0) is 23.7 Å². The Hall–Kier alpha value is -2.10. The first-order chi connectivity index (χ1) is 9.48. The molecule has 0 aliphatic carbocycles. The molecule has 0 bridgehead atoms. The molecule has 0 aliphatic heterocycles. The number of hydrogen-bond acceptors (Lipinski definition) is 5. The molecule has 12 heteroatoms. The van der Waals surface area contributed by atoms with Crippen LogP contribution in [0.15, 0.2) is 0 Å². The fraction of sp³-hybridized carbons (Fsp3) is 0.556. The van der Waals surface area contributed by atoms with Gasteiger partial charge in [0.25, 0.3) is 0 Å². The highest BCUT2D eigenvalue weighted by Crippen LogP contribution is 1.98. The van der Waals surface area contributed by atoms with Crippen LogP contribution in [0.5, 0.6) is 0 Å². The molecule has 0 aromatic heterocycles. The fourth-order valence-electron chi connectivity index (χ4n) is 0.605. The summed E-state index contributed by atoms with van der Waals surface area (Å²) in [6, 6.07) is 0.